The largest absolute Gasteiger partial charge is 0.481 e. The van der Waals surface area contributed by atoms with E-state index in [4.69, 9.17) is 14.6 Å². The highest BCUT2D eigenvalue weighted by Gasteiger charge is 2.43. The maximum Gasteiger partial charge on any atom is 0.306 e. The van der Waals surface area contributed by atoms with E-state index in [0.29, 0.717) is 13.2 Å². The molecule has 1 saturated heterocycles. The highest BCUT2D eigenvalue weighted by molar-refractivity contribution is 5.69. The Labute approximate surface area is 89.6 Å². The first kappa shape index (κ1) is 10.9. The highest BCUT2D eigenvalue weighted by Crippen LogP contribution is 2.41. The molecule has 2 rings (SSSR count). The lowest BCUT2D eigenvalue weighted by Crippen LogP contribution is -2.39. The van der Waals surface area contributed by atoms with Gasteiger partial charge in [0.2, 0.25) is 0 Å². The van der Waals surface area contributed by atoms with Crippen molar-refractivity contribution in [2.45, 2.75) is 38.4 Å². The smallest absolute Gasteiger partial charge is 0.306 e. The molecule has 2 fully saturated rings. The van der Waals surface area contributed by atoms with E-state index in [1.165, 1.54) is 0 Å². The van der Waals surface area contributed by atoms with Crippen LogP contribution in [0.25, 0.3) is 0 Å². The maximum atomic E-state index is 10.9. The van der Waals surface area contributed by atoms with Crippen molar-refractivity contribution < 1.29 is 19.4 Å². The Bertz CT molecular complexity index is 245. The van der Waals surface area contributed by atoms with Gasteiger partial charge in [0.1, 0.15) is 0 Å². The zero-order valence-corrected chi connectivity index (χ0v) is 9.07. The van der Waals surface area contributed by atoms with Gasteiger partial charge in [0.05, 0.1) is 19.1 Å². The molecule has 0 radical (unpaired) electrons. The van der Waals surface area contributed by atoms with Gasteiger partial charge in [0.25, 0.3) is 0 Å². The minimum Gasteiger partial charge on any atom is -0.481 e. The summed E-state index contributed by atoms with van der Waals surface area (Å²) in [6.07, 6.45) is 3.63. The van der Waals surface area contributed by atoms with E-state index in [2.05, 4.69) is 0 Å². The maximum absolute atomic E-state index is 10.9. The molecule has 2 atom stereocenters. The van der Waals surface area contributed by atoms with E-state index in [-0.39, 0.29) is 11.8 Å². The lowest BCUT2D eigenvalue weighted by molar-refractivity contribution is -0.192. The Balaban J connectivity index is 2.00. The molecule has 1 heterocycles. The molecule has 4 heteroatoms. The van der Waals surface area contributed by atoms with Crippen molar-refractivity contribution >= 4 is 5.97 Å². The molecular formula is C11H18O4. The Kier molecular flexibility index (Phi) is 2.98. The number of carboxylic acids is 1. The van der Waals surface area contributed by atoms with Gasteiger partial charge >= 0.3 is 5.97 Å². The molecule has 1 spiro atoms. The number of aliphatic carboxylic acids is 1. The number of hydrogen-bond donors (Lipinski definition) is 1. The van der Waals surface area contributed by atoms with E-state index in [0.717, 1.165) is 25.7 Å². The number of hydrogen-bond acceptors (Lipinski definition) is 3. The summed E-state index contributed by atoms with van der Waals surface area (Å²) in [6, 6.07) is 0. The van der Waals surface area contributed by atoms with Gasteiger partial charge in [-0.1, -0.05) is 6.92 Å². The first-order chi connectivity index (χ1) is 7.13. The summed E-state index contributed by atoms with van der Waals surface area (Å²) < 4.78 is 11.3. The van der Waals surface area contributed by atoms with Gasteiger partial charge in [-0.05, 0) is 18.8 Å². The van der Waals surface area contributed by atoms with Crippen LogP contribution in [0.1, 0.15) is 32.6 Å². The van der Waals surface area contributed by atoms with Crippen LogP contribution in [0.5, 0.6) is 0 Å². The molecular weight excluding hydrogens is 196 g/mol. The van der Waals surface area contributed by atoms with Crippen molar-refractivity contribution in [1.29, 1.82) is 0 Å². The number of carboxylic acid groups (broad SMARTS) is 1. The van der Waals surface area contributed by atoms with Crippen LogP contribution >= 0.6 is 0 Å². The third-order valence-electron chi connectivity index (χ3n) is 3.62. The van der Waals surface area contributed by atoms with Crippen LogP contribution in [0.4, 0.5) is 0 Å². The average Bonchev–Trinajstić information content (AvgIpc) is 2.65. The van der Waals surface area contributed by atoms with Crippen LogP contribution in [-0.4, -0.2) is 30.1 Å². The van der Waals surface area contributed by atoms with Crippen LogP contribution in [0.15, 0.2) is 0 Å². The molecule has 15 heavy (non-hydrogen) atoms. The lowest BCUT2D eigenvalue weighted by atomic mass is 9.78. The number of carbonyl (C=O) groups is 1. The molecule has 1 aliphatic carbocycles. The molecule has 0 bridgehead atoms. The van der Waals surface area contributed by atoms with Crippen molar-refractivity contribution in [2.24, 2.45) is 11.8 Å². The summed E-state index contributed by atoms with van der Waals surface area (Å²) in [5, 5.41) is 8.98. The molecule has 2 aliphatic rings. The van der Waals surface area contributed by atoms with Crippen LogP contribution in [-0.2, 0) is 14.3 Å². The zero-order chi connectivity index (χ0) is 10.9. The molecule has 1 saturated carbocycles. The SMILES string of the molecule is C[C@H](C(=O)O)[C@H]1CCCC2(C1)OCCO2. The third-order valence-corrected chi connectivity index (χ3v) is 3.62. The summed E-state index contributed by atoms with van der Waals surface area (Å²) in [7, 11) is 0. The highest BCUT2D eigenvalue weighted by atomic mass is 16.7. The average molecular weight is 214 g/mol. The van der Waals surface area contributed by atoms with Crippen LogP contribution in [0.3, 0.4) is 0 Å². The summed E-state index contributed by atoms with van der Waals surface area (Å²) >= 11 is 0. The van der Waals surface area contributed by atoms with Gasteiger partial charge in [0.15, 0.2) is 5.79 Å². The molecule has 86 valence electrons. The van der Waals surface area contributed by atoms with Gasteiger partial charge in [0, 0.05) is 12.8 Å². The van der Waals surface area contributed by atoms with Gasteiger partial charge < -0.3 is 14.6 Å². The van der Waals surface area contributed by atoms with Crippen molar-refractivity contribution in [3.8, 4) is 0 Å². The van der Waals surface area contributed by atoms with Crippen LogP contribution < -0.4 is 0 Å². The summed E-state index contributed by atoms with van der Waals surface area (Å²) in [4.78, 5) is 10.9. The fourth-order valence-electron chi connectivity index (χ4n) is 2.62. The van der Waals surface area contributed by atoms with E-state index < -0.39 is 11.8 Å². The summed E-state index contributed by atoms with van der Waals surface area (Å²) in [5.74, 6) is -1.27. The summed E-state index contributed by atoms with van der Waals surface area (Å²) in [5.41, 5.74) is 0. The van der Waals surface area contributed by atoms with Crippen LogP contribution in [0.2, 0.25) is 0 Å². The monoisotopic (exact) mass is 214 g/mol. The second kappa shape index (κ2) is 4.10. The standard InChI is InChI=1S/C11H18O4/c1-8(10(12)13)9-3-2-4-11(7-9)14-5-6-15-11/h8-9H,2-7H2,1H3,(H,12,13)/t8-,9-/m0/s1. The topological polar surface area (TPSA) is 55.8 Å². The zero-order valence-electron chi connectivity index (χ0n) is 9.07. The molecule has 0 aromatic heterocycles. The van der Waals surface area contributed by atoms with E-state index in [1.54, 1.807) is 6.92 Å². The van der Waals surface area contributed by atoms with Gasteiger partial charge in [-0.3, -0.25) is 4.79 Å². The Morgan fingerprint density at radius 2 is 2.13 bits per heavy atom. The van der Waals surface area contributed by atoms with Crippen LogP contribution in [0, 0.1) is 11.8 Å². The molecule has 0 unspecified atom stereocenters. The van der Waals surface area contributed by atoms with E-state index in [9.17, 15) is 4.79 Å². The van der Waals surface area contributed by atoms with Crippen molar-refractivity contribution in [2.75, 3.05) is 13.2 Å². The van der Waals surface area contributed by atoms with E-state index >= 15 is 0 Å². The second-order valence-electron chi connectivity index (χ2n) is 4.59. The second-order valence-corrected chi connectivity index (χ2v) is 4.59. The minimum absolute atomic E-state index is 0.189. The predicted molar refractivity (Wildman–Crippen MR) is 53.4 cm³/mol. The minimum atomic E-state index is -0.713. The van der Waals surface area contributed by atoms with E-state index in [1.807, 2.05) is 0 Å². The van der Waals surface area contributed by atoms with Crippen molar-refractivity contribution in [3.63, 3.8) is 0 Å². The fraction of sp³-hybridized carbons (Fsp3) is 0.909. The first-order valence-electron chi connectivity index (χ1n) is 5.64. The molecule has 0 aromatic rings. The Morgan fingerprint density at radius 1 is 1.47 bits per heavy atom. The molecule has 0 amide bonds. The number of rotatable bonds is 2. The Hall–Kier alpha value is -0.610. The molecule has 4 nitrogen and oxygen atoms in total. The third kappa shape index (κ3) is 2.16. The lowest BCUT2D eigenvalue weighted by Gasteiger charge is -2.37. The normalized spacial score (nSPS) is 31.7. The van der Waals surface area contributed by atoms with Crippen molar-refractivity contribution in [3.05, 3.63) is 0 Å². The molecule has 1 N–H and O–H groups in total. The quantitative estimate of drug-likeness (QED) is 0.759. The molecule has 1 aliphatic heterocycles. The first-order valence-corrected chi connectivity index (χ1v) is 5.64. The predicted octanol–water partition coefficient (Wildman–Crippen LogP) is 1.64. The van der Waals surface area contributed by atoms with Gasteiger partial charge in [-0.25, -0.2) is 0 Å². The Morgan fingerprint density at radius 3 is 2.73 bits per heavy atom. The van der Waals surface area contributed by atoms with Gasteiger partial charge in [-0.2, -0.15) is 0 Å². The van der Waals surface area contributed by atoms with Crippen molar-refractivity contribution in [1.82, 2.24) is 0 Å². The number of ether oxygens (including phenoxy) is 2. The van der Waals surface area contributed by atoms with Gasteiger partial charge in [-0.15, -0.1) is 0 Å². The molecule has 0 aromatic carbocycles. The summed E-state index contributed by atoms with van der Waals surface area (Å²) in [6.45, 7) is 3.07. The fourth-order valence-corrected chi connectivity index (χ4v) is 2.62.